The quantitative estimate of drug-likeness (QED) is 0.899. The Balaban J connectivity index is 2.05. The molecule has 0 radical (unpaired) electrons. The van der Waals surface area contributed by atoms with Crippen molar-refractivity contribution in [3.63, 3.8) is 0 Å². The molecule has 0 spiro atoms. The summed E-state index contributed by atoms with van der Waals surface area (Å²) in [4.78, 5) is 23.4. The molecule has 1 aromatic carbocycles. The van der Waals surface area contributed by atoms with E-state index in [1.807, 2.05) is 0 Å². The summed E-state index contributed by atoms with van der Waals surface area (Å²) in [5.74, 6) is -0.286. The topological polar surface area (TPSA) is 72.0 Å². The molecule has 0 bridgehead atoms. The van der Waals surface area contributed by atoms with E-state index in [4.69, 9.17) is 23.2 Å². The van der Waals surface area contributed by atoms with Crippen molar-refractivity contribution in [1.29, 1.82) is 0 Å². The minimum absolute atomic E-state index is 0.0773. The largest absolute Gasteiger partial charge is 0.299 e. The van der Waals surface area contributed by atoms with Crippen molar-refractivity contribution in [3.05, 3.63) is 38.8 Å². The normalized spacial score (nSPS) is 10.4. The fourth-order valence-electron chi connectivity index (χ4n) is 1.48. The predicted octanol–water partition coefficient (Wildman–Crippen LogP) is 3.62. The highest BCUT2D eigenvalue weighted by Crippen LogP contribution is 2.23. The summed E-state index contributed by atoms with van der Waals surface area (Å²) >= 11 is 12.8. The number of carbonyl (C=O) groups excluding carboxylic acids is 2. The first-order valence-electron chi connectivity index (χ1n) is 6.10. The highest BCUT2D eigenvalue weighted by atomic mass is 35.5. The number of Topliss-reactive ketones (excluding diaryl/α,β-unsaturated/α-hetero) is 1. The van der Waals surface area contributed by atoms with Crippen LogP contribution in [-0.4, -0.2) is 21.9 Å². The van der Waals surface area contributed by atoms with Crippen LogP contribution in [0.4, 0.5) is 5.13 Å². The number of anilines is 1. The van der Waals surface area contributed by atoms with Crippen molar-refractivity contribution >= 4 is 51.4 Å². The van der Waals surface area contributed by atoms with Gasteiger partial charge in [0, 0.05) is 12.0 Å². The Labute approximate surface area is 135 Å². The molecule has 0 saturated heterocycles. The van der Waals surface area contributed by atoms with Crippen molar-refractivity contribution in [2.24, 2.45) is 0 Å². The van der Waals surface area contributed by atoms with Crippen LogP contribution < -0.4 is 5.32 Å². The SMILES string of the molecule is CCC(=O)Cc1nnc(NC(=O)c2ccc(Cl)c(Cl)c2)s1. The fourth-order valence-corrected chi connectivity index (χ4v) is 2.54. The first kappa shape index (κ1) is 15.9. The molecule has 1 heterocycles. The molecule has 0 unspecified atom stereocenters. The van der Waals surface area contributed by atoms with Crippen molar-refractivity contribution in [3.8, 4) is 0 Å². The first-order chi connectivity index (χ1) is 9.99. The van der Waals surface area contributed by atoms with Gasteiger partial charge in [0.2, 0.25) is 5.13 Å². The van der Waals surface area contributed by atoms with Gasteiger partial charge in [-0.05, 0) is 18.2 Å². The minimum atomic E-state index is -0.363. The molecule has 1 N–H and O–H groups in total. The Morgan fingerprint density at radius 1 is 1.24 bits per heavy atom. The summed E-state index contributed by atoms with van der Waals surface area (Å²) in [7, 11) is 0. The van der Waals surface area contributed by atoms with E-state index in [0.29, 0.717) is 32.2 Å². The molecule has 0 aliphatic carbocycles. The van der Waals surface area contributed by atoms with E-state index in [-0.39, 0.29) is 18.1 Å². The third kappa shape index (κ3) is 4.23. The van der Waals surface area contributed by atoms with Crippen LogP contribution in [0.2, 0.25) is 10.0 Å². The lowest BCUT2D eigenvalue weighted by Gasteiger charge is -2.02. The van der Waals surface area contributed by atoms with Crippen LogP contribution in [0.15, 0.2) is 18.2 Å². The third-order valence-electron chi connectivity index (χ3n) is 2.61. The Morgan fingerprint density at radius 3 is 2.67 bits per heavy atom. The molecule has 110 valence electrons. The number of amides is 1. The van der Waals surface area contributed by atoms with Crippen LogP contribution in [0.3, 0.4) is 0 Å². The predicted molar refractivity (Wildman–Crippen MR) is 83.3 cm³/mol. The molecule has 0 atom stereocenters. The molecule has 2 rings (SSSR count). The number of nitrogens with zero attached hydrogens (tertiary/aromatic N) is 2. The highest BCUT2D eigenvalue weighted by molar-refractivity contribution is 7.15. The molecule has 1 amide bonds. The molecule has 0 aliphatic heterocycles. The molecule has 0 fully saturated rings. The standard InChI is InChI=1S/C13H11Cl2N3O2S/c1-2-8(19)6-11-17-18-13(21-11)16-12(20)7-3-4-9(14)10(15)5-7/h3-5H,2,6H2,1H3,(H,16,18,20). The number of carbonyl (C=O) groups is 2. The average molecular weight is 344 g/mol. The molecular formula is C13H11Cl2N3O2S. The maximum absolute atomic E-state index is 12.0. The van der Waals surface area contributed by atoms with E-state index < -0.39 is 0 Å². The van der Waals surface area contributed by atoms with Gasteiger partial charge in [-0.1, -0.05) is 41.5 Å². The van der Waals surface area contributed by atoms with E-state index in [0.717, 1.165) is 0 Å². The number of hydrogen-bond acceptors (Lipinski definition) is 5. The van der Waals surface area contributed by atoms with Gasteiger partial charge >= 0.3 is 0 Å². The minimum Gasteiger partial charge on any atom is -0.299 e. The molecule has 0 saturated carbocycles. The number of aromatic nitrogens is 2. The van der Waals surface area contributed by atoms with Gasteiger partial charge in [0.15, 0.2) is 0 Å². The van der Waals surface area contributed by atoms with Crippen molar-refractivity contribution in [1.82, 2.24) is 10.2 Å². The summed E-state index contributed by atoms with van der Waals surface area (Å²) < 4.78 is 0. The number of halogens is 2. The molecule has 0 aliphatic rings. The van der Waals surface area contributed by atoms with E-state index >= 15 is 0 Å². The number of rotatable bonds is 5. The maximum Gasteiger partial charge on any atom is 0.257 e. The molecular weight excluding hydrogens is 333 g/mol. The Kier molecular flexibility index (Phi) is 5.27. The molecule has 2 aromatic rings. The lowest BCUT2D eigenvalue weighted by atomic mass is 10.2. The summed E-state index contributed by atoms with van der Waals surface area (Å²) in [5, 5.41) is 11.9. The lowest BCUT2D eigenvalue weighted by molar-refractivity contribution is -0.118. The van der Waals surface area contributed by atoms with Crippen LogP contribution in [0.25, 0.3) is 0 Å². The number of ketones is 1. The molecule has 8 heteroatoms. The second-order valence-electron chi connectivity index (χ2n) is 4.15. The van der Waals surface area contributed by atoms with E-state index in [2.05, 4.69) is 15.5 Å². The Bertz CT molecular complexity index is 688. The van der Waals surface area contributed by atoms with Gasteiger partial charge in [-0.25, -0.2) is 0 Å². The summed E-state index contributed by atoms with van der Waals surface area (Å²) in [5.41, 5.74) is 0.366. The summed E-state index contributed by atoms with van der Waals surface area (Å²) in [6, 6.07) is 4.58. The molecule has 1 aromatic heterocycles. The van der Waals surface area contributed by atoms with Gasteiger partial charge in [0.25, 0.3) is 5.91 Å². The van der Waals surface area contributed by atoms with Crippen LogP contribution >= 0.6 is 34.5 Å². The second kappa shape index (κ2) is 6.98. The second-order valence-corrected chi connectivity index (χ2v) is 6.03. The fraction of sp³-hybridized carbons (Fsp3) is 0.231. The zero-order valence-corrected chi connectivity index (χ0v) is 13.3. The Hall–Kier alpha value is -1.50. The first-order valence-corrected chi connectivity index (χ1v) is 7.67. The highest BCUT2D eigenvalue weighted by Gasteiger charge is 2.13. The lowest BCUT2D eigenvalue weighted by Crippen LogP contribution is -2.11. The summed E-state index contributed by atoms with van der Waals surface area (Å²) in [6.45, 7) is 1.79. The van der Waals surface area contributed by atoms with Crippen LogP contribution in [0, 0.1) is 0 Å². The van der Waals surface area contributed by atoms with Crippen LogP contribution in [-0.2, 0) is 11.2 Å². The Morgan fingerprint density at radius 2 is 2.00 bits per heavy atom. The maximum atomic E-state index is 12.0. The third-order valence-corrected chi connectivity index (χ3v) is 4.19. The van der Waals surface area contributed by atoms with Gasteiger partial charge in [0.05, 0.1) is 16.5 Å². The molecule has 5 nitrogen and oxygen atoms in total. The number of benzene rings is 1. The zero-order valence-electron chi connectivity index (χ0n) is 11.0. The van der Waals surface area contributed by atoms with Crippen LogP contribution in [0.5, 0.6) is 0 Å². The van der Waals surface area contributed by atoms with Crippen molar-refractivity contribution in [2.45, 2.75) is 19.8 Å². The van der Waals surface area contributed by atoms with E-state index in [9.17, 15) is 9.59 Å². The monoisotopic (exact) mass is 343 g/mol. The van der Waals surface area contributed by atoms with Gasteiger partial charge < -0.3 is 0 Å². The smallest absolute Gasteiger partial charge is 0.257 e. The average Bonchev–Trinajstić information content (AvgIpc) is 2.88. The van der Waals surface area contributed by atoms with E-state index in [1.165, 1.54) is 17.4 Å². The van der Waals surface area contributed by atoms with E-state index in [1.54, 1.807) is 19.1 Å². The number of hydrogen-bond donors (Lipinski definition) is 1. The van der Waals surface area contributed by atoms with Gasteiger partial charge in [-0.15, -0.1) is 10.2 Å². The van der Waals surface area contributed by atoms with Gasteiger partial charge in [-0.2, -0.15) is 0 Å². The zero-order chi connectivity index (χ0) is 15.4. The summed E-state index contributed by atoms with van der Waals surface area (Å²) in [6.07, 6.45) is 0.682. The van der Waals surface area contributed by atoms with Crippen molar-refractivity contribution in [2.75, 3.05) is 5.32 Å². The van der Waals surface area contributed by atoms with Crippen LogP contribution in [0.1, 0.15) is 28.7 Å². The van der Waals surface area contributed by atoms with Crippen molar-refractivity contribution < 1.29 is 9.59 Å². The number of nitrogens with one attached hydrogen (secondary N) is 1. The van der Waals surface area contributed by atoms with Gasteiger partial charge in [0.1, 0.15) is 10.8 Å². The van der Waals surface area contributed by atoms with Gasteiger partial charge in [-0.3, -0.25) is 14.9 Å². The molecule has 21 heavy (non-hydrogen) atoms.